The standard InChI is InChI=1S/C47H30OS/c48-34-27-25-32(26-28-34)30-19-17-29(18-20-30)31-21-23-33(24-22-31)43-44-39-13-5-1-9-35(39)37-11-3-7-15-41(37)46(44)49-47-42-16-8-4-12-38(42)36-10-2-6-14-40(36)45(43)47/h1-28,43,48H. The molecular weight excluding hydrogens is 613 g/mol. The van der Waals surface area contributed by atoms with E-state index in [9.17, 15) is 5.11 Å². The number of hydrogen-bond acceptors (Lipinski definition) is 2. The van der Waals surface area contributed by atoms with E-state index in [2.05, 4.69) is 146 Å². The molecule has 0 unspecified atom stereocenters. The van der Waals surface area contributed by atoms with Gasteiger partial charge in [0, 0.05) is 15.7 Å². The molecule has 0 bridgehead atoms. The molecular formula is C47H30OS. The highest BCUT2D eigenvalue weighted by Crippen LogP contribution is 2.57. The molecule has 0 spiro atoms. The van der Waals surface area contributed by atoms with E-state index in [1.165, 1.54) is 80.7 Å². The van der Waals surface area contributed by atoms with Gasteiger partial charge in [0.25, 0.3) is 0 Å². The second-order valence-corrected chi connectivity index (χ2v) is 14.0. The third-order valence-corrected chi connectivity index (χ3v) is 11.6. The molecule has 0 radical (unpaired) electrons. The van der Waals surface area contributed by atoms with E-state index in [1.807, 2.05) is 23.9 Å². The minimum Gasteiger partial charge on any atom is -0.508 e. The van der Waals surface area contributed by atoms with E-state index in [0.717, 1.165) is 11.1 Å². The summed E-state index contributed by atoms with van der Waals surface area (Å²) >= 11 is 1.96. The fourth-order valence-electron chi connectivity index (χ4n) is 8.02. The van der Waals surface area contributed by atoms with Gasteiger partial charge >= 0.3 is 0 Å². The molecule has 1 aliphatic rings. The van der Waals surface area contributed by atoms with Gasteiger partial charge in [-0.15, -0.1) is 0 Å². The first-order valence-electron chi connectivity index (χ1n) is 16.8. The number of aromatic hydroxyl groups is 1. The zero-order valence-corrected chi connectivity index (χ0v) is 27.4. The lowest BCUT2D eigenvalue weighted by Crippen LogP contribution is -2.12. The Morgan fingerprint density at radius 2 is 0.633 bits per heavy atom. The first kappa shape index (κ1) is 28.2. The summed E-state index contributed by atoms with van der Waals surface area (Å²) in [6.45, 7) is 0. The summed E-state index contributed by atoms with van der Waals surface area (Å²) in [5.41, 5.74) is 8.70. The Morgan fingerprint density at radius 1 is 0.327 bits per heavy atom. The van der Waals surface area contributed by atoms with Crippen LogP contribution in [0.1, 0.15) is 22.6 Å². The van der Waals surface area contributed by atoms with Crippen molar-refractivity contribution in [2.75, 3.05) is 0 Å². The fraction of sp³-hybridized carbons (Fsp3) is 0.0213. The van der Waals surface area contributed by atoms with Crippen LogP contribution in [-0.2, 0) is 0 Å². The maximum Gasteiger partial charge on any atom is 0.115 e. The van der Waals surface area contributed by atoms with Crippen LogP contribution in [0.4, 0.5) is 0 Å². The minimum atomic E-state index is 0.0567. The molecule has 0 saturated carbocycles. The second kappa shape index (κ2) is 11.1. The van der Waals surface area contributed by atoms with Crippen molar-refractivity contribution >= 4 is 54.9 Å². The van der Waals surface area contributed by atoms with E-state index in [4.69, 9.17) is 0 Å². The summed E-state index contributed by atoms with van der Waals surface area (Å²) in [5.74, 6) is 0.339. The Hall–Kier alpha value is -5.83. The van der Waals surface area contributed by atoms with Gasteiger partial charge in [0.05, 0.1) is 0 Å². The number of phenolic OH excluding ortho intramolecular Hbond substituents is 1. The Labute approximate surface area is 289 Å². The third-order valence-electron chi connectivity index (χ3n) is 10.3. The predicted molar refractivity (Wildman–Crippen MR) is 207 cm³/mol. The molecule has 0 aromatic heterocycles. The third kappa shape index (κ3) is 4.41. The molecule has 1 nitrogen and oxygen atoms in total. The topological polar surface area (TPSA) is 20.2 Å². The molecule has 0 saturated heterocycles. The number of benzene rings is 9. The lowest BCUT2D eigenvalue weighted by Gasteiger charge is -2.33. The molecule has 0 aliphatic carbocycles. The van der Waals surface area contributed by atoms with Crippen LogP contribution in [0.5, 0.6) is 5.75 Å². The van der Waals surface area contributed by atoms with Gasteiger partial charge in [-0.1, -0.05) is 169 Å². The van der Waals surface area contributed by atoms with Crippen LogP contribution in [0.3, 0.4) is 0 Å². The van der Waals surface area contributed by atoms with E-state index in [0.29, 0.717) is 0 Å². The largest absolute Gasteiger partial charge is 0.508 e. The van der Waals surface area contributed by atoms with Gasteiger partial charge in [-0.25, -0.2) is 0 Å². The van der Waals surface area contributed by atoms with Crippen molar-refractivity contribution in [3.05, 3.63) is 187 Å². The van der Waals surface area contributed by atoms with Crippen molar-refractivity contribution in [1.82, 2.24) is 0 Å². The van der Waals surface area contributed by atoms with Gasteiger partial charge in [0.15, 0.2) is 0 Å². The predicted octanol–water partition coefficient (Wildman–Crippen LogP) is 13.0. The lowest BCUT2D eigenvalue weighted by molar-refractivity contribution is 0.475. The van der Waals surface area contributed by atoms with E-state index in [1.54, 1.807) is 12.1 Å². The molecule has 10 rings (SSSR count). The monoisotopic (exact) mass is 642 g/mol. The van der Waals surface area contributed by atoms with Crippen molar-refractivity contribution in [3.8, 4) is 28.0 Å². The van der Waals surface area contributed by atoms with Crippen LogP contribution in [0, 0.1) is 0 Å². The summed E-state index contributed by atoms with van der Waals surface area (Å²) in [6, 6.07) is 61.2. The summed E-state index contributed by atoms with van der Waals surface area (Å²) in [4.78, 5) is 2.72. The van der Waals surface area contributed by atoms with E-state index in [-0.39, 0.29) is 11.7 Å². The first-order valence-corrected chi connectivity index (χ1v) is 17.6. The first-order chi connectivity index (χ1) is 24.2. The van der Waals surface area contributed by atoms with Gasteiger partial charge in [0.1, 0.15) is 5.75 Å². The van der Waals surface area contributed by atoms with Crippen LogP contribution in [-0.4, -0.2) is 5.11 Å². The van der Waals surface area contributed by atoms with Crippen LogP contribution < -0.4 is 0 Å². The summed E-state index contributed by atoms with van der Waals surface area (Å²) in [6.07, 6.45) is 0. The normalized spacial score (nSPS) is 12.8. The summed E-state index contributed by atoms with van der Waals surface area (Å²) < 4.78 is 0. The Morgan fingerprint density at radius 3 is 1.04 bits per heavy atom. The van der Waals surface area contributed by atoms with Crippen molar-refractivity contribution < 1.29 is 5.11 Å². The summed E-state index contributed by atoms with van der Waals surface area (Å²) in [5, 5.41) is 20.2. The average Bonchev–Trinajstić information content (AvgIpc) is 3.18. The minimum absolute atomic E-state index is 0.0567. The van der Waals surface area contributed by atoms with Crippen molar-refractivity contribution in [2.45, 2.75) is 15.7 Å². The average molecular weight is 643 g/mol. The van der Waals surface area contributed by atoms with Crippen molar-refractivity contribution in [2.24, 2.45) is 0 Å². The molecule has 2 heteroatoms. The molecule has 49 heavy (non-hydrogen) atoms. The van der Waals surface area contributed by atoms with Crippen molar-refractivity contribution in [3.63, 3.8) is 0 Å². The van der Waals surface area contributed by atoms with Gasteiger partial charge in [0.2, 0.25) is 0 Å². The van der Waals surface area contributed by atoms with Crippen LogP contribution in [0.25, 0.3) is 65.3 Å². The molecule has 1 aliphatic heterocycles. The Kier molecular flexibility index (Phi) is 6.40. The zero-order chi connectivity index (χ0) is 32.5. The van der Waals surface area contributed by atoms with E-state index < -0.39 is 0 Å². The number of rotatable bonds is 3. The highest BCUT2D eigenvalue weighted by Gasteiger charge is 2.34. The summed E-state index contributed by atoms with van der Waals surface area (Å²) in [7, 11) is 0. The smallest absolute Gasteiger partial charge is 0.115 e. The Balaban J connectivity index is 1.21. The number of fused-ring (bicyclic) bond motifs is 12. The highest BCUT2D eigenvalue weighted by atomic mass is 32.2. The molecule has 0 amide bonds. The Bertz CT molecular complexity index is 2600. The van der Waals surface area contributed by atoms with Crippen LogP contribution in [0.15, 0.2) is 180 Å². The lowest BCUT2D eigenvalue weighted by atomic mass is 9.78. The molecule has 1 heterocycles. The SMILES string of the molecule is Oc1ccc(-c2ccc(-c3ccc(C4c5c(c6ccccc6c6ccccc56)Sc5c4c4ccccc4c4ccccc54)cc3)cc2)cc1. The molecule has 1 N–H and O–H groups in total. The van der Waals surface area contributed by atoms with Gasteiger partial charge in [-0.2, -0.15) is 0 Å². The molecule has 0 fully saturated rings. The van der Waals surface area contributed by atoms with Gasteiger partial charge in [-0.3, -0.25) is 0 Å². The molecule has 9 aromatic rings. The quantitative estimate of drug-likeness (QED) is 0.194. The zero-order valence-electron chi connectivity index (χ0n) is 26.6. The second-order valence-electron chi connectivity index (χ2n) is 12.9. The van der Waals surface area contributed by atoms with E-state index >= 15 is 0 Å². The molecule has 230 valence electrons. The van der Waals surface area contributed by atoms with Crippen molar-refractivity contribution in [1.29, 1.82) is 0 Å². The van der Waals surface area contributed by atoms with Gasteiger partial charge in [-0.05, 0) is 94.2 Å². The van der Waals surface area contributed by atoms with Gasteiger partial charge < -0.3 is 5.11 Å². The number of hydrogen-bond donors (Lipinski definition) is 1. The van der Waals surface area contributed by atoms with Crippen LogP contribution in [0.2, 0.25) is 0 Å². The van der Waals surface area contributed by atoms with Crippen LogP contribution >= 0.6 is 11.8 Å². The number of phenols is 1. The maximum absolute atomic E-state index is 9.72. The molecule has 9 aromatic carbocycles. The highest BCUT2D eigenvalue weighted by molar-refractivity contribution is 8.00. The molecule has 0 atom stereocenters. The fourth-order valence-corrected chi connectivity index (χ4v) is 9.48. The maximum atomic E-state index is 9.72.